The van der Waals surface area contributed by atoms with Crippen LogP contribution >= 0.6 is 0 Å². The van der Waals surface area contributed by atoms with E-state index in [2.05, 4.69) is 63.4 Å². The fraction of sp³-hybridized carbons (Fsp3) is 0.167. The van der Waals surface area contributed by atoms with Crippen LogP contribution in [0.1, 0.15) is 6.42 Å². The molecule has 0 saturated heterocycles. The predicted molar refractivity (Wildman–Crippen MR) is 90.6 cm³/mol. The lowest BCUT2D eigenvalue weighted by atomic mass is 10.0. The number of anilines is 2. The number of fused-ring (bicyclic) bond motifs is 1. The number of imidazole rings is 1. The van der Waals surface area contributed by atoms with E-state index in [4.69, 9.17) is 5.73 Å². The number of nitrogens with zero attached hydrogens (tertiary/aromatic N) is 2. The molecule has 1 aliphatic rings. The molecule has 2 aromatic carbocycles. The fourth-order valence-electron chi connectivity index (χ4n) is 2.93. The van der Waals surface area contributed by atoms with Gasteiger partial charge in [0.05, 0.1) is 0 Å². The molecule has 0 amide bonds. The van der Waals surface area contributed by atoms with Crippen LogP contribution in [0.25, 0.3) is 22.4 Å². The van der Waals surface area contributed by atoms with Crippen molar-refractivity contribution in [2.75, 3.05) is 17.6 Å². The number of nitrogens with two attached hydrogens (primary N) is 1. The standard InChI is InChI=1S/C18H18N4/c19-17-16(21-18-20-11-4-12-22(17)18)15-9-7-14(8-10-15)13-5-2-1-3-6-13/h1-3,5-10H,4,11-12,19H2,(H,20,21). The van der Waals surface area contributed by atoms with Crippen molar-refractivity contribution in [1.29, 1.82) is 0 Å². The van der Waals surface area contributed by atoms with Crippen LogP contribution in [0.4, 0.5) is 11.8 Å². The third-order valence-corrected chi connectivity index (χ3v) is 4.11. The van der Waals surface area contributed by atoms with Gasteiger partial charge in [-0.1, -0.05) is 54.6 Å². The Balaban J connectivity index is 1.71. The first-order valence-electron chi connectivity index (χ1n) is 7.58. The fourth-order valence-corrected chi connectivity index (χ4v) is 2.93. The van der Waals surface area contributed by atoms with Crippen LogP contribution in [0.3, 0.4) is 0 Å². The van der Waals surface area contributed by atoms with E-state index in [0.29, 0.717) is 0 Å². The highest BCUT2D eigenvalue weighted by atomic mass is 15.3. The van der Waals surface area contributed by atoms with Crippen molar-refractivity contribution in [2.24, 2.45) is 0 Å². The summed E-state index contributed by atoms with van der Waals surface area (Å²) in [6.45, 7) is 1.89. The predicted octanol–water partition coefficient (Wildman–Crippen LogP) is 3.61. The van der Waals surface area contributed by atoms with E-state index in [1.165, 1.54) is 11.1 Å². The topological polar surface area (TPSA) is 55.9 Å². The molecular formula is C18H18N4. The third-order valence-electron chi connectivity index (χ3n) is 4.11. The first-order chi connectivity index (χ1) is 10.8. The molecule has 110 valence electrons. The second-order valence-corrected chi connectivity index (χ2v) is 5.54. The van der Waals surface area contributed by atoms with E-state index in [9.17, 15) is 0 Å². The molecule has 0 spiro atoms. The van der Waals surface area contributed by atoms with Crippen molar-refractivity contribution in [1.82, 2.24) is 9.55 Å². The molecule has 0 atom stereocenters. The Labute approximate surface area is 129 Å². The van der Waals surface area contributed by atoms with Crippen molar-refractivity contribution in [3.05, 3.63) is 54.6 Å². The van der Waals surface area contributed by atoms with Gasteiger partial charge in [-0.25, -0.2) is 4.98 Å². The maximum Gasteiger partial charge on any atom is 0.205 e. The number of hydrogen-bond donors (Lipinski definition) is 2. The Hall–Kier alpha value is -2.75. The molecule has 2 heterocycles. The molecule has 0 saturated carbocycles. The maximum absolute atomic E-state index is 6.27. The van der Waals surface area contributed by atoms with Gasteiger partial charge in [0.25, 0.3) is 0 Å². The summed E-state index contributed by atoms with van der Waals surface area (Å²) in [7, 11) is 0. The van der Waals surface area contributed by atoms with Crippen LogP contribution in [0.15, 0.2) is 54.6 Å². The Bertz CT molecular complexity index is 788. The smallest absolute Gasteiger partial charge is 0.205 e. The van der Waals surface area contributed by atoms with E-state index >= 15 is 0 Å². The van der Waals surface area contributed by atoms with Gasteiger partial charge in [-0.2, -0.15) is 0 Å². The van der Waals surface area contributed by atoms with Gasteiger partial charge >= 0.3 is 0 Å². The van der Waals surface area contributed by atoms with Crippen molar-refractivity contribution in [3.8, 4) is 22.4 Å². The molecule has 1 aromatic heterocycles. The van der Waals surface area contributed by atoms with Crippen LogP contribution in [0.5, 0.6) is 0 Å². The molecule has 4 nitrogen and oxygen atoms in total. The number of rotatable bonds is 2. The molecule has 4 heteroatoms. The molecular weight excluding hydrogens is 272 g/mol. The molecule has 0 bridgehead atoms. The first-order valence-corrected chi connectivity index (χ1v) is 7.58. The molecule has 3 aromatic rings. The van der Waals surface area contributed by atoms with Gasteiger partial charge in [0, 0.05) is 18.7 Å². The number of nitrogen functional groups attached to an aromatic ring is 1. The summed E-state index contributed by atoms with van der Waals surface area (Å²) in [5, 5.41) is 3.30. The minimum Gasteiger partial charge on any atom is -0.383 e. The molecule has 0 radical (unpaired) electrons. The second kappa shape index (κ2) is 5.22. The summed E-state index contributed by atoms with van der Waals surface area (Å²) in [6, 6.07) is 18.8. The Morgan fingerprint density at radius 3 is 2.32 bits per heavy atom. The summed E-state index contributed by atoms with van der Waals surface area (Å²) < 4.78 is 2.06. The zero-order valence-electron chi connectivity index (χ0n) is 12.3. The SMILES string of the molecule is Nc1c(-c2ccc(-c3ccccc3)cc2)nc2n1CCCN2. The van der Waals surface area contributed by atoms with Crippen LogP contribution in [0, 0.1) is 0 Å². The third kappa shape index (κ3) is 2.13. The average Bonchev–Trinajstić information content (AvgIpc) is 2.93. The van der Waals surface area contributed by atoms with Gasteiger partial charge in [-0.05, 0) is 17.5 Å². The van der Waals surface area contributed by atoms with E-state index in [0.717, 1.165) is 42.5 Å². The average molecular weight is 290 g/mol. The van der Waals surface area contributed by atoms with Crippen molar-refractivity contribution >= 4 is 11.8 Å². The Morgan fingerprint density at radius 2 is 1.59 bits per heavy atom. The zero-order chi connectivity index (χ0) is 14.9. The molecule has 1 aliphatic heterocycles. The normalized spacial score (nSPS) is 13.5. The number of aromatic nitrogens is 2. The molecule has 22 heavy (non-hydrogen) atoms. The maximum atomic E-state index is 6.27. The highest BCUT2D eigenvalue weighted by Crippen LogP contribution is 2.31. The molecule has 0 unspecified atom stereocenters. The van der Waals surface area contributed by atoms with Crippen LogP contribution in [0.2, 0.25) is 0 Å². The van der Waals surface area contributed by atoms with E-state index in [1.807, 2.05) is 6.07 Å². The van der Waals surface area contributed by atoms with Crippen LogP contribution < -0.4 is 11.1 Å². The zero-order valence-corrected chi connectivity index (χ0v) is 12.3. The van der Waals surface area contributed by atoms with Gasteiger partial charge in [0.1, 0.15) is 11.5 Å². The Morgan fingerprint density at radius 1 is 0.909 bits per heavy atom. The van der Waals surface area contributed by atoms with Gasteiger partial charge in [-0.15, -0.1) is 0 Å². The summed E-state index contributed by atoms with van der Waals surface area (Å²) in [6.07, 6.45) is 1.08. The first kappa shape index (κ1) is 13.0. The van der Waals surface area contributed by atoms with Crippen molar-refractivity contribution < 1.29 is 0 Å². The van der Waals surface area contributed by atoms with Crippen LogP contribution in [-0.4, -0.2) is 16.1 Å². The van der Waals surface area contributed by atoms with E-state index in [1.54, 1.807) is 0 Å². The minimum atomic E-state index is 0.745. The van der Waals surface area contributed by atoms with E-state index in [-0.39, 0.29) is 0 Å². The lowest BCUT2D eigenvalue weighted by molar-refractivity contribution is 0.634. The van der Waals surface area contributed by atoms with Crippen molar-refractivity contribution in [2.45, 2.75) is 13.0 Å². The summed E-state index contributed by atoms with van der Waals surface area (Å²) in [4.78, 5) is 4.65. The molecule has 3 N–H and O–H groups in total. The number of hydrogen-bond acceptors (Lipinski definition) is 3. The minimum absolute atomic E-state index is 0.745. The molecule has 4 rings (SSSR count). The molecule has 0 aliphatic carbocycles. The summed E-state index contributed by atoms with van der Waals surface area (Å²) >= 11 is 0. The van der Waals surface area contributed by atoms with Gasteiger partial charge in [-0.3, -0.25) is 4.57 Å². The lowest BCUT2D eigenvalue weighted by Gasteiger charge is -2.15. The van der Waals surface area contributed by atoms with Gasteiger partial charge in [0.2, 0.25) is 5.95 Å². The molecule has 0 fully saturated rings. The van der Waals surface area contributed by atoms with Crippen LogP contribution in [-0.2, 0) is 6.54 Å². The second-order valence-electron chi connectivity index (χ2n) is 5.54. The van der Waals surface area contributed by atoms with E-state index < -0.39 is 0 Å². The largest absolute Gasteiger partial charge is 0.383 e. The summed E-state index contributed by atoms with van der Waals surface area (Å²) in [5.74, 6) is 1.63. The quantitative estimate of drug-likeness (QED) is 0.758. The lowest BCUT2D eigenvalue weighted by Crippen LogP contribution is -2.18. The number of nitrogens with one attached hydrogen (secondary N) is 1. The Kier molecular flexibility index (Phi) is 3.07. The highest BCUT2D eigenvalue weighted by Gasteiger charge is 2.18. The highest BCUT2D eigenvalue weighted by molar-refractivity contribution is 5.76. The van der Waals surface area contributed by atoms with Gasteiger partial charge in [0.15, 0.2) is 0 Å². The monoisotopic (exact) mass is 290 g/mol. The van der Waals surface area contributed by atoms with Crippen molar-refractivity contribution in [3.63, 3.8) is 0 Å². The number of benzene rings is 2. The summed E-state index contributed by atoms with van der Waals surface area (Å²) in [5.41, 5.74) is 10.6. The van der Waals surface area contributed by atoms with Gasteiger partial charge < -0.3 is 11.1 Å².